The van der Waals surface area contributed by atoms with Crippen molar-refractivity contribution < 1.29 is 4.79 Å². The number of hydrogen-bond donors (Lipinski definition) is 1. The minimum Gasteiger partial charge on any atom is -0.326 e. The quantitative estimate of drug-likeness (QED) is 0.695. The third-order valence-corrected chi connectivity index (χ3v) is 5.02. The number of aromatic nitrogens is 4. The first-order valence-corrected chi connectivity index (χ1v) is 9.75. The molecule has 1 aromatic carbocycles. The highest BCUT2D eigenvalue weighted by molar-refractivity contribution is 7.98. The average Bonchev–Trinajstić information content (AvgIpc) is 3.01. The van der Waals surface area contributed by atoms with Crippen LogP contribution in [0, 0.1) is 27.7 Å². The Bertz CT molecular complexity index is 980. The van der Waals surface area contributed by atoms with E-state index in [1.165, 1.54) is 11.8 Å². The van der Waals surface area contributed by atoms with Gasteiger partial charge in [-0.1, -0.05) is 23.9 Å². The second kappa shape index (κ2) is 7.45. The topological polar surface area (TPSA) is 72.2 Å². The van der Waals surface area contributed by atoms with Gasteiger partial charge in [0.25, 0.3) is 5.78 Å². The maximum absolute atomic E-state index is 12.4. The van der Waals surface area contributed by atoms with E-state index in [0.717, 1.165) is 33.8 Å². The molecule has 0 spiro atoms. The molecule has 0 saturated heterocycles. The molecule has 7 heteroatoms. The summed E-state index contributed by atoms with van der Waals surface area (Å²) in [5.41, 5.74) is 5.99. The highest BCUT2D eigenvalue weighted by Crippen LogP contribution is 2.20. The van der Waals surface area contributed by atoms with Crippen molar-refractivity contribution in [3.05, 3.63) is 46.3 Å². The number of rotatable bonds is 5. The Morgan fingerprint density at radius 3 is 2.69 bits per heavy atom. The molecule has 2 heterocycles. The lowest BCUT2D eigenvalue weighted by atomic mass is 10.1. The summed E-state index contributed by atoms with van der Waals surface area (Å²) in [6, 6.07) is 6.06. The van der Waals surface area contributed by atoms with Crippen molar-refractivity contribution in [2.75, 3.05) is 11.6 Å². The summed E-state index contributed by atoms with van der Waals surface area (Å²) in [4.78, 5) is 21.3. The number of hydrogen-bond acceptors (Lipinski definition) is 5. The van der Waals surface area contributed by atoms with Gasteiger partial charge in [0, 0.05) is 23.5 Å². The van der Waals surface area contributed by atoms with Crippen LogP contribution in [0.4, 0.5) is 5.69 Å². The summed E-state index contributed by atoms with van der Waals surface area (Å²) >= 11 is 1.49. The van der Waals surface area contributed by atoms with Crippen molar-refractivity contribution in [2.24, 2.45) is 0 Å². The molecule has 26 heavy (non-hydrogen) atoms. The molecule has 0 aliphatic rings. The Balaban J connectivity index is 1.76. The Morgan fingerprint density at radius 1 is 1.19 bits per heavy atom. The summed E-state index contributed by atoms with van der Waals surface area (Å²) in [5, 5.41) is 8.17. The standard InChI is InChI=1S/C19H23N5OS/c1-11-6-7-12(2)16(10-11)21-17(25)9-8-15-13(3)20-18-22-19(26-5)23-24(18)14(15)4/h6-7,10H,8-9H2,1-5H3,(H,21,25). The van der Waals surface area contributed by atoms with Crippen molar-refractivity contribution in [2.45, 2.75) is 45.7 Å². The predicted molar refractivity (Wildman–Crippen MR) is 105 cm³/mol. The van der Waals surface area contributed by atoms with Gasteiger partial charge in [-0.15, -0.1) is 5.10 Å². The van der Waals surface area contributed by atoms with Gasteiger partial charge in [0.15, 0.2) is 0 Å². The number of nitrogens with zero attached hydrogens (tertiary/aromatic N) is 4. The number of aryl methyl sites for hydroxylation is 4. The van der Waals surface area contributed by atoms with Gasteiger partial charge in [-0.3, -0.25) is 4.79 Å². The van der Waals surface area contributed by atoms with E-state index in [-0.39, 0.29) is 5.91 Å². The Labute approximate surface area is 157 Å². The molecule has 3 rings (SSSR count). The maximum Gasteiger partial charge on any atom is 0.253 e. The van der Waals surface area contributed by atoms with Crippen molar-refractivity contribution >= 4 is 29.1 Å². The van der Waals surface area contributed by atoms with Crippen LogP contribution in [0.3, 0.4) is 0 Å². The molecular formula is C19H23N5OS. The zero-order chi connectivity index (χ0) is 18.8. The molecule has 0 saturated carbocycles. The first-order valence-electron chi connectivity index (χ1n) is 8.53. The molecule has 0 radical (unpaired) electrons. The molecule has 6 nitrogen and oxygen atoms in total. The molecule has 0 bridgehead atoms. The highest BCUT2D eigenvalue weighted by atomic mass is 32.2. The van der Waals surface area contributed by atoms with Crippen LogP contribution in [0.2, 0.25) is 0 Å². The van der Waals surface area contributed by atoms with Crippen LogP contribution in [-0.4, -0.2) is 31.7 Å². The van der Waals surface area contributed by atoms with Crippen LogP contribution < -0.4 is 5.32 Å². The lowest BCUT2D eigenvalue weighted by molar-refractivity contribution is -0.116. The fourth-order valence-electron chi connectivity index (χ4n) is 2.96. The minimum atomic E-state index is 0.000917. The summed E-state index contributed by atoms with van der Waals surface area (Å²) in [6.07, 6.45) is 2.95. The van der Waals surface area contributed by atoms with Gasteiger partial charge in [-0.05, 0) is 63.1 Å². The molecule has 0 aliphatic heterocycles. The fourth-order valence-corrected chi connectivity index (χ4v) is 3.30. The monoisotopic (exact) mass is 369 g/mol. The van der Waals surface area contributed by atoms with Crippen molar-refractivity contribution in [3.63, 3.8) is 0 Å². The number of amides is 1. The van der Waals surface area contributed by atoms with Crippen LogP contribution in [0.5, 0.6) is 0 Å². The summed E-state index contributed by atoms with van der Waals surface area (Å²) in [7, 11) is 0. The molecule has 136 valence electrons. The molecule has 0 fully saturated rings. The van der Waals surface area contributed by atoms with Crippen molar-refractivity contribution in [1.82, 2.24) is 19.6 Å². The fraction of sp³-hybridized carbons (Fsp3) is 0.368. The number of carbonyl (C=O) groups excluding carboxylic acids is 1. The lowest BCUT2D eigenvalue weighted by Crippen LogP contribution is -2.15. The van der Waals surface area contributed by atoms with Crippen LogP contribution in [-0.2, 0) is 11.2 Å². The van der Waals surface area contributed by atoms with E-state index in [1.807, 2.05) is 52.1 Å². The number of anilines is 1. The molecule has 0 aliphatic carbocycles. The van der Waals surface area contributed by atoms with E-state index in [9.17, 15) is 4.79 Å². The van der Waals surface area contributed by atoms with E-state index in [0.29, 0.717) is 23.8 Å². The third kappa shape index (κ3) is 3.72. The SMILES string of the molecule is CSc1nc2nc(C)c(CCC(=O)Nc3cc(C)ccc3C)c(C)n2n1. The second-order valence-corrected chi connectivity index (χ2v) is 7.21. The molecular weight excluding hydrogens is 346 g/mol. The molecule has 2 aromatic heterocycles. The van der Waals surface area contributed by atoms with Gasteiger partial charge in [0.1, 0.15) is 0 Å². The molecule has 3 aromatic rings. The molecule has 1 N–H and O–H groups in total. The minimum absolute atomic E-state index is 0.000917. The first kappa shape index (κ1) is 18.4. The largest absolute Gasteiger partial charge is 0.326 e. The van der Waals surface area contributed by atoms with Gasteiger partial charge < -0.3 is 5.32 Å². The van der Waals surface area contributed by atoms with Gasteiger partial charge in [-0.2, -0.15) is 4.98 Å². The smallest absolute Gasteiger partial charge is 0.253 e. The van der Waals surface area contributed by atoms with Gasteiger partial charge in [-0.25, -0.2) is 9.50 Å². The van der Waals surface area contributed by atoms with E-state index in [2.05, 4.69) is 20.4 Å². The van der Waals surface area contributed by atoms with Crippen LogP contribution in [0.25, 0.3) is 5.78 Å². The number of carbonyl (C=O) groups is 1. The number of nitrogens with one attached hydrogen (secondary N) is 1. The summed E-state index contributed by atoms with van der Waals surface area (Å²) in [5.74, 6) is 0.605. The van der Waals surface area contributed by atoms with E-state index < -0.39 is 0 Å². The van der Waals surface area contributed by atoms with E-state index in [4.69, 9.17) is 0 Å². The molecule has 0 atom stereocenters. The van der Waals surface area contributed by atoms with Crippen LogP contribution in [0.1, 0.15) is 34.5 Å². The predicted octanol–water partition coefficient (Wildman–Crippen LogP) is 3.65. The number of benzene rings is 1. The number of thioether (sulfide) groups is 1. The van der Waals surface area contributed by atoms with Crippen LogP contribution >= 0.6 is 11.8 Å². The Kier molecular flexibility index (Phi) is 5.27. The van der Waals surface area contributed by atoms with Crippen molar-refractivity contribution in [1.29, 1.82) is 0 Å². The van der Waals surface area contributed by atoms with E-state index >= 15 is 0 Å². The highest BCUT2D eigenvalue weighted by Gasteiger charge is 2.14. The molecule has 1 amide bonds. The Morgan fingerprint density at radius 2 is 1.96 bits per heavy atom. The van der Waals surface area contributed by atoms with Crippen LogP contribution in [0.15, 0.2) is 23.4 Å². The zero-order valence-corrected chi connectivity index (χ0v) is 16.6. The Hall–Kier alpha value is -2.41. The lowest BCUT2D eigenvalue weighted by Gasteiger charge is -2.12. The van der Waals surface area contributed by atoms with Gasteiger partial charge >= 0.3 is 0 Å². The second-order valence-electron chi connectivity index (χ2n) is 6.44. The first-order chi connectivity index (χ1) is 12.4. The summed E-state index contributed by atoms with van der Waals surface area (Å²) < 4.78 is 1.76. The number of fused-ring (bicyclic) bond motifs is 1. The van der Waals surface area contributed by atoms with Gasteiger partial charge in [0.05, 0.1) is 0 Å². The van der Waals surface area contributed by atoms with Crippen molar-refractivity contribution in [3.8, 4) is 0 Å². The molecule has 0 unspecified atom stereocenters. The van der Waals surface area contributed by atoms with E-state index in [1.54, 1.807) is 4.52 Å². The zero-order valence-electron chi connectivity index (χ0n) is 15.8. The normalized spacial score (nSPS) is 11.1. The summed E-state index contributed by atoms with van der Waals surface area (Å²) in [6.45, 7) is 7.97. The van der Waals surface area contributed by atoms with Gasteiger partial charge in [0.2, 0.25) is 11.1 Å². The maximum atomic E-state index is 12.4. The average molecular weight is 369 g/mol. The third-order valence-electron chi connectivity index (χ3n) is 4.48.